The Morgan fingerprint density at radius 3 is 2.54 bits per heavy atom. The van der Waals surface area contributed by atoms with Crippen molar-refractivity contribution in [2.45, 2.75) is 26.7 Å². The minimum absolute atomic E-state index is 0.0459. The Bertz CT molecular complexity index is 933. The molecule has 2 aliphatic heterocycles. The molecule has 4 nitrogen and oxygen atoms in total. The highest BCUT2D eigenvalue weighted by Gasteiger charge is 2.38. The number of carbonyl (C=O) groups excluding carboxylic acids is 2. The molecule has 2 aromatic rings. The molecule has 0 bridgehead atoms. The molecule has 2 amide bonds. The molecule has 0 spiro atoms. The van der Waals surface area contributed by atoms with Gasteiger partial charge in [-0.1, -0.05) is 48.5 Å². The molecule has 2 aliphatic rings. The van der Waals surface area contributed by atoms with Crippen molar-refractivity contribution < 1.29 is 9.59 Å². The van der Waals surface area contributed by atoms with E-state index in [1.54, 1.807) is 4.90 Å². The lowest BCUT2D eigenvalue weighted by Gasteiger charge is -2.29. The highest BCUT2D eigenvalue weighted by Crippen LogP contribution is 2.31. The van der Waals surface area contributed by atoms with Crippen LogP contribution in [0.15, 0.2) is 54.6 Å². The summed E-state index contributed by atoms with van der Waals surface area (Å²) in [5, 5.41) is 0. The van der Waals surface area contributed by atoms with Crippen LogP contribution < -0.4 is 4.90 Å². The van der Waals surface area contributed by atoms with Crippen molar-refractivity contribution in [1.29, 1.82) is 0 Å². The van der Waals surface area contributed by atoms with Gasteiger partial charge >= 0.3 is 0 Å². The van der Waals surface area contributed by atoms with Crippen LogP contribution in [0.25, 0.3) is 5.57 Å². The van der Waals surface area contributed by atoms with Crippen molar-refractivity contribution in [3.63, 3.8) is 0 Å². The SMILES string of the molecule is Cc1cccc(N2CC(C(=O)N3CC=C(c4ccccc4)CC3)CC2=O)c1C. The van der Waals surface area contributed by atoms with Crippen molar-refractivity contribution in [1.82, 2.24) is 4.90 Å². The van der Waals surface area contributed by atoms with Crippen molar-refractivity contribution in [2.24, 2.45) is 5.92 Å². The second-order valence-corrected chi connectivity index (χ2v) is 7.75. The first-order valence-corrected chi connectivity index (χ1v) is 9.94. The number of hydrogen-bond donors (Lipinski definition) is 0. The topological polar surface area (TPSA) is 40.6 Å². The van der Waals surface area contributed by atoms with Crippen LogP contribution in [-0.4, -0.2) is 36.3 Å². The minimum Gasteiger partial charge on any atom is -0.338 e. The van der Waals surface area contributed by atoms with E-state index in [1.807, 2.05) is 55.1 Å². The van der Waals surface area contributed by atoms with E-state index >= 15 is 0 Å². The number of rotatable bonds is 3. The molecule has 28 heavy (non-hydrogen) atoms. The van der Waals surface area contributed by atoms with Gasteiger partial charge < -0.3 is 9.80 Å². The lowest BCUT2D eigenvalue weighted by atomic mass is 9.98. The molecule has 0 aromatic heterocycles. The molecule has 144 valence electrons. The number of anilines is 1. The molecular weight excluding hydrogens is 348 g/mol. The highest BCUT2D eigenvalue weighted by molar-refractivity contribution is 6.01. The summed E-state index contributed by atoms with van der Waals surface area (Å²) in [6, 6.07) is 16.3. The Kier molecular flexibility index (Phi) is 5.03. The summed E-state index contributed by atoms with van der Waals surface area (Å²) in [6.07, 6.45) is 3.31. The van der Waals surface area contributed by atoms with Gasteiger partial charge in [-0.05, 0) is 48.6 Å². The molecule has 0 saturated carbocycles. The van der Waals surface area contributed by atoms with E-state index in [-0.39, 0.29) is 17.7 Å². The van der Waals surface area contributed by atoms with Gasteiger partial charge in [0.1, 0.15) is 0 Å². The fourth-order valence-electron chi connectivity index (χ4n) is 4.18. The maximum atomic E-state index is 13.0. The number of nitrogens with zero attached hydrogens (tertiary/aromatic N) is 2. The predicted octanol–water partition coefficient (Wildman–Crippen LogP) is 3.97. The van der Waals surface area contributed by atoms with Crippen molar-refractivity contribution in [3.8, 4) is 0 Å². The van der Waals surface area contributed by atoms with Gasteiger partial charge in [0.05, 0.1) is 5.92 Å². The molecule has 4 heteroatoms. The first kappa shape index (κ1) is 18.5. The van der Waals surface area contributed by atoms with E-state index in [2.05, 4.69) is 18.2 Å². The second-order valence-electron chi connectivity index (χ2n) is 7.75. The van der Waals surface area contributed by atoms with Crippen LogP contribution in [0.2, 0.25) is 0 Å². The smallest absolute Gasteiger partial charge is 0.228 e. The summed E-state index contributed by atoms with van der Waals surface area (Å²) in [5.74, 6) is -0.104. The quantitative estimate of drug-likeness (QED) is 0.816. The van der Waals surface area contributed by atoms with Crippen LogP contribution >= 0.6 is 0 Å². The first-order chi connectivity index (χ1) is 13.5. The van der Waals surface area contributed by atoms with E-state index in [4.69, 9.17) is 0 Å². The number of hydrogen-bond acceptors (Lipinski definition) is 2. The number of amides is 2. The molecule has 2 aromatic carbocycles. The normalized spacial score (nSPS) is 19.7. The Hall–Kier alpha value is -2.88. The lowest BCUT2D eigenvalue weighted by Crippen LogP contribution is -2.40. The molecule has 0 radical (unpaired) electrons. The average molecular weight is 374 g/mol. The third kappa shape index (κ3) is 3.47. The van der Waals surface area contributed by atoms with Gasteiger partial charge in [-0.25, -0.2) is 0 Å². The Morgan fingerprint density at radius 2 is 1.82 bits per heavy atom. The number of benzene rings is 2. The monoisotopic (exact) mass is 374 g/mol. The van der Waals surface area contributed by atoms with E-state index in [1.165, 1.54) is 11.1 Å². The summed E-state index contributed by atoms with van der Waals surface area (Å²) in [4.78, 5) is 29.3. The standard InChI is InChI=1S/C24H26N2O2/c1-17-7-6-10-22(18(17)2)26-16-21(15-23(26)27)24(28)25-13-11-20(12-14-25)19-8-4-3-5-9-19/h3-11,21H,12-16H2,1-2H3. The molecule has 4 rings (SSSR count). The highest BCUT2D eigenvalue weighted by atomic mass is 16.2. The van der Waals surface area contributed by atoms with E-state index in [0.717, 1.165) is 23.2 Å². The molecule has 1 atom stereocenters. The summed E-state index contributed by atoms with van der Waals surface area (Å²) in [6.45, 7) is 5.90. The minimum atomic E-state index is -0.251. The predicted molar refractivity (Wildman–Crippen MR) is 112 cm³/mol. The van der Waals surface area contributed by atoms with Crippen LogP contribution in [0.1, 0.15) is 29.5 Å². The molecule has 0 aliphatic carbocycles. The fraction of sp³-hybridized carbons (Fsp3) is 0.333. The van der Waals surface area contributed by atoms with Crippen LogP contribution in [0.3, 0.4) is 0 Å². The van der Waals surface area contributed by atoms with Crippen molar-refractivity contribution in [2.75, 3.05) is 24.5 Å². The Labute approximate surface area is 166 Å². The molecular formula is C24H26N2O2. The van der Waals surface area contributed by atoms with Gasteiger partial charge in [-0.3, -0.25) is 9.59 Å². The van der Waals surface area contributed by atoms with Gasteiger partial charge in [0.25, 0.3) is 0 Å². The van der Waals surface area contributed by atoms with Gasteiger partial charge in [-0.2, -0.15) is 0 Å². The Morgan fingerprint density at radius 1 is 1.04 bits per heavy atom. The van der Waals surface area contributed by atoms with Gasteiger partial charge in [0.2, 0.25) is 11.8 Å². The average Bonchev–Trinajstić information content (AvgIpc) is 3.12. The van der Waals surface area contributed by atoms with Crippen molar-refractivity contribution >= 4 is 23.1 Å². The third-order valence-electron chi connectivity index (χ3n) is 6.01. The molecule has 1 unspecified atom stereocenters. The molecule has 2 heterocycles. The van der Waals surface area contributed by atoms with Crippen LogP contribution in [0.4, 0.5) is 5.69 Å². The number of carbonyl (C=O) groups is 2. The zero-order valence-electron chi connectivity index (χ0n) is 16.5. The lowest BCUT2D eigenvalue weighted by molar-refractivity contribution is -0.135. The maximum absolute atomic E-state index is 13.0. The summed E-state index contributed by atoms with van der Waals surface area (Å²) < 4.78 is 0. The van der Waals surface area contributed by atoms with Crippen LogP contribution in [-0.2, 0) is 9.59 Å². The van der Waals surface area contributed by atoms with E-state index < -0.39 is 0 Å². The molecule has 1 fully saturated rings. The van der Waals surface area contributed by atoms with E-state index in [0.29, 0.717) is 26.1 Å². The zero-order chi connectivity index (χ0) is 19.7. The number of aryl methyl sites for hydroxylation is 1. The molecule has 1 saturated heterocycles. The first-order valence-electron chi connectivity index (χ1n) is 9.94. The second kappa shape index (κ2) is 7.63. The van der Waals surface area contributed by atoms with E-state index in [9.17, 15) is 9.59 Å². The molecule has 0 N–H and O–H groups in total. The van der Waals surface area contributed by atoms with Gasteiger partial charge in [0.15, 0.2) is 0 Å². The largest absolute Gasteiger partial charge is 0.338 e. The van der Waals surface area contributed by atoms with Gasteiger partial charge in [-0.15, -0.1) is 0 Å². The van der Waals surface area contributed by atoms with Crippen LogP contribution in [0.5, 0.6) is 0 Å². The van der Waals surface area contributed by atoms with Crippen molar-refractivity contribution in [3.05, 3.63) is 71.3 Å². The van der Waals surface area contributed by atoms with Gasteiger partial charge in [0, 0.05) is 31.7 Å². The Balaban J connectivity index is 1.44. The van der Waals surface area contributed by atoms with Crippen LogP contribution in [0, 0.1) is 19.8 Å². The summed E-state index contributed by atoms with van der Waals surface area (Å²) in [7, 11) is 0. The summed E-state index contributed by atoms with van der Waals surface area (Å²) >= 11 is 0. The fourth-order valence-corrected chi connectivity index (χ4v) is 4.18. The maximum Gasteiger partial charge on any atom is 0.228 e. The zero-order valence-corrected chi connectivity index (χ0v) is 16.5. The third-order valence-corrected chi connectivity index (χ3v) is 6.01. The summed E-state index contributed by atoms with van der Waals surface area (Å²) in [5.41, 5.74) is 5.73.